The highest BCUT2D eigenvalue weighted by atomic mass is 35.5. The van der Waals surface area contributed by atoms with E-state index in [1.165, 1.54) is 34.0 Å². The lowest BCUT2D eigenvalue weighted by Gasteiger charge is -2.23. The van der Waals surface area contributed by atoms with Gasteiger partial charge in [-0.25, -0.2) is 24.3 Å². The van der Waals surface area contributed by atoms with E-state index in [2.05, 4.69) is 25.4 Å². The first-order valence-corrected chi connectivity index (χ1v) is 11.5. The number of aromatic nitrogens is 7. The van der Waals surface area contributed by atoms with Gasteiger partial charge in [0.2, 0.25) is 0 Å². The summed E-state index contributed by atoms with van der Waals surface area (Å²) in [5.41, 5.74) is 6.52. The number of hydrogen-bond donors (Lipinski definition) is 2. The number of nitrogen functional groups attached to an aromatic ring is 1. The van der Waals surface area contributed by atoms with E-state index < -0.39 is 17.4 Å². The molecule has 0 spiro atoms. The van der Waals surface area contributed by atoms with Gasteiger partial charge in [-0.15, -0.1) is 0 Å². The maximum absolute atomic E-state index is 15.0. The minimum Gasteiger partial charge on any atom is -0.383 e. The molecule has 0 saturated heterocycles. The van der Waals surface area contributed by atoms with Crippen molar-refractivity contribution in [2.45, 2.75) is 19.4 Å². The number of halogens is 2. The highest BCUT2D eigenvalue weighted by molar-refractivity contribution is 6.35. The summed E-state index contributed by atoms with van der Waals surface area (Å²) >= 11 is 6.36. The molecule has 1 atom stereocenters. The number of para-hydroxylation sites is 1. The first-order chi connectivity index (χ1) is 17.4. The molecule has 0 aliphatic rings. The van der Waals surface area contributed by atoms with Gasteiger partial charge in [0, 0.05) is 7.05 Å². The predicted molar refractivity (Wildman–Crippen MR) is 135 cm³/mol. The molecule has 36 heavy (non-hydrogen) atoms. The quantitative estimate of drug-likeness (QED) is 0.355. The molecular formula is C24H21ClFN9O. The van der Waals surface area contributed by atoms with Crippen LogP contribution in [0.3, 0.4) is 0 Å². The Kier molecular flexibility index (Phi) is 6.06. The monoisotopic (exact) mass is 505 g/mol. The summed E-state index contributed by atoms with van der Waals surface area (Å²) in [5, 5.41) is 8.05. The van der Waals surface area contributed by atoms with E-state index in [9.17, 15) is 9.18 Å². The second-order valence-corrected chi connectivity index (χ2v) is 8.43. The smallest absolute Gasteiger partial charge is 0.267 e. The lowest BCUT2D eigenvalue weighted by molar-refractivity contribution is 0.599. The van der Waals surface area contributed by atoms with Crippen molar-refractivity contribution in [3.63, 3.8) is 0 Å². The number of nitrogens with two attached hydrogens (primary N) is 1. The number of aryl methyl sites for hydroxylation is 1. The molecular weight excluding hydrogens is 485 g/mol. The van der Waals surface area contributed by atoms with Crippen LogP contribution in [0.2, 0.25) is 5.02 Å². The predicted octanol–water partition coefficient (Wildman–Crippen LogP) is 3.91. The molecule has 1 unspecified atom stereocenters. The number of benzene rings is 2. The molecule has 0 fully saturated rings. The van der Waals surface area contributed by atoms with Crippen molar-refractivity contribution in [2.75, 3.05) is 11.1 Å². The van der Waals surface area contributed by atoms with Crippen LogP contribution in [0.15, 0.2) is 59.9 Å². The molecule has 0 bridgehead atoms. The zero-order valence-corrected chi connectivity index (χ0v) is 20.1. The van der Waals surface area contributed by atoms with Gasteiger partial charge in [0.05, 0.1) is 27.7 Å². The van der Waals surface area contributed by atoms with Gasteiger partial charge in [-0.05, 0) is 30.7 Å². The van der Waals surface area contributed by atoms with Gasteiger partial charge in [-0.1, -0.05) is 36.7 Å². The number of hydrogen-bond acceptors (Lipinski definition) is 8. The maximum atomic E-state index is 15.0. The number of nitrogens with zero attached hydrogens (tertiary/aromatic N) is 7. The van der Waals surface area contributed by atoms with Gasteiger partial charge < -0.3 is 11.1 Å². The minimum absolute atomic E-state index is 0.0564. The normalized spacial score (nSPS) is 12.1. The Morgan fingerprint density at radius 3 is 2.67 bits per heavy atom. The average molecular weight is 506 g/mol. The number of anilines is 2. The van der Waals surface area contributed by atoms with Crippen LogP contribution >= 0.6 is 11.6 Å². The summed E-state index contributed by atoms with van der Waals surface area (Å²) in [6.07, 6.45) is 3.31. The average Bonchev–Trinajstić information content (AvgIpc) is 3.28. The van der Waals surface area contributed by atoms with Crippen molar-refractivity contribution < 1.29 is 4.39 Å². The molecule has 0 aliphatic carbocycles. The molecule has 3 aromatic heterocycles. The Morgan fingerprint density at radius 2 is 1.94 bits per heavy atom. The fourth-order valence-corrected chi connectivity index (χ4v) is 4.25. The second-order valence-electron chi connectivity index (χ2n) is 8.03. The highest BCUT2D eigenvalue weighted by Gasteiger charge is 2.25. The Bertz CT molecular complexity index is 1650. The van der Waals surface area contributed by atoms with E-state index in [0.29, 0.717) is 29.1 Å². The van der Waals surface area contributed by atoms with Crippen LogP contribution in [0.1, 0.15) is 25.2 Å². The summed E-state index contributed by atoms with van der Waals surface area (Å²) in [4.78, 5) is 31.2. The van der Waals surface area contributed by atoms with Crippen LogP contribution < -0.4 is 16.6 Å². The van der Waals surface area contributed by atoms with Crippen molar-refractivity contribution in [2.24, 2.45) is 7.05 Å². The topological polar surface area (TPSA) is 129 Å². The fraction of sp³-hybridized carbons (Fsp3) is 0.167. The molecule has 0 saturated carbocycles. The molecule has 0 radical (unpaired) electrons. The van der Waals surface area contributed by atoms with Crippen LogP contribution in [-0.2, 0) is 7.05 Å². The summed E-state index contributed by atoms with van der Waals surface area (Å²) in [5.74, 6) is 0.560. The summed E-state index contributed by atoms with van der Waals surface area (Å²) in [6.45, 7) is 1.90. The summed E-state index contributed by atoms with van der Waals surface area (Å²) < 4.78 is 17.8. The van der Waals surface area contributed by atoms with Crippen molar-refractivity contribution >= 4 is 34.1 Å². The van der Waals surface area contributed by atoms with Gasteiger partial charge in [0.1, 0.15) is 41.5 Å². The Morgan fingerprint density at radius 1 is 1.14 bits per heavy atom. The molecule has 3 N–H and O–H groups in total. The molecule has 10 nitrogen and oxygen atoms in total. The van der Waals surface area contributed by atoms with E-state index in [-0.39, 0.29) is 27.7 Å². The molecule has 5 aromatic rings. The molecule has 12 heteroatoms. The van der Waals surface area contributed by atoms with Gasteiger partial charge in [-0.2, -0.15) is 5.10 Å². The van der Waals surface area contributed by atoms with Crippen LogP contribution in [0.25, 0.3) is 28.0 Å². The van der Waals surface area contributed by atoms with Gasteiger partial charge in [0.15, 0.2) is 5.82 Å². The van der Waals surface area contributed by atoms with Crippen LogP contribution in [0.4, 0.5) is 16.0 Å². The van der Waals surface area contributed by atoms with Gasteiger partial charge in [-0.3, -0.25) is 14.0 Å². The molecule has 3 heterocycles. The Labute approximate surface area is 209 Å². The highest BCUT2D eigenvalue weighted by Crippen LogP contribution is 2.32. The van der Waals surface area contributed by atoms with E-state index in [1.807, 2.05) is 6.92 Å². The third-order valence-electron chi connectivity index (χ3n) is 5.70. The zero-order chi connectivity index (χ0) is 25.4. The number of nitrogens with one attached hydrogen (secondary N) is 1. The molecule has 0 aliphatic heterocycles. The van der Waals surface area contributed by atoms with Crippen molar-refractivity contribution in [3.8, 4) is 17.1 Å². The van der Waals surface area contributed by atoms with Crippen molar-refractivity contribution in [3.05, 3.63) is 82.1 Å². The van der Waals surface area contributed by atoms with Crippen LogP contribution in [0, 0.1) is 5.82 Å². The van der Waals surface area contributed by atoms with Crippen molar-refractivity contribution in [1.82, 2.24) is 34.3 Å². The van der Waals surface area contributed by atoms with Gasteiger partial charge >= 0.3 is 0 Å². The van der Waals surface area contributed by atoms with Gasteiger partial charge in [0.25, 0.3) is 5.56 Å². The zero-order valence-electron chi connectivity index (χ0n) is 19.4. The standard InChI is InChI=1S/C24H21ClFN9O/c1-3-15(31-21-19(20(27)28-11-29-21)22-30-12-34(2)33-22)23-32-16-9-6-7-13(25)18(16)24(36)35(23)17-10-5-4-8-14(17)26/h4-12,15H,3H2,1-2H3,(H3,27,28,29,31). The fourth-order valence-electron chi connectivity index (χ4n) is 4.00. The number of rotatable bonds is 6. The summed E-state index contributed by atoms with van der Waals surface area (Å²) in [7, 11) is 1.73. The molecule has 0 amide bonds. The lowest BCUT2D eigenvalue weighted by atomic mass is 10.1. The molecule has 182 valence electrons. The van der Waals surface area contributed by atoms with E-state index >= 15 is 0 Å². The third-order valence-corrected chi connectivity index (χ3v) is 6.01. The van der Waals surface area contributed by atoms with E-state index in [1.54, 1.807) is 37.4 Å². The second kappa shape index (κ2) is 9.34. The Hall–Kier alpha value is -4.38. The van der Waals surface area contributed by atoms with Crippen LogP contribution in [-0.4, -0.2) is 34.3 Å². The number of fused-ring (bicyclic) bond motifs is 1. The van der Waals surface area contributed by atoms with Crippen molar-refractivity contribution in [1.29, 1.82) is 0 Å². The minimum atomic E-state index is -0.586. The first-order valence-electron chi connectivity index (χ1n) is 11.1. The summed E-state index contributed by atoms with van der Waals surface area (Å²) in [6, 6.07) is 10.4. The maximum Gasteiger partial charge on any atom is 0.267 e. The van der Waals surface area contributed by atoms with E-state index in [4.69, 9.17) is 22.3 Å². The first kappa shape index (κ1) is 23.4. The van der Waals surface area contributed by atoms with E-state index in [0.717, 1.165) is 0 Å². The van der Waals surface area contributed by atoms with Crippen LogP contribution in [0.5, 0.6) is 0 Å². The SMILES string of the molecule is CCC(Nc1ncnc(N)c1-c1ncn(C)n1)c1nc2cccc(Cl)c2c(=O)n1-c1ccccc1F. The third kappa shape index (κ3) is 4.03. The molecule has 2 aromatic carbocycles. The lowest BCUT2D eigenvalue weighted by Crippen LogP contribution is -2.29. The molecule has 5 rings (SSSR count). The Balaban J connectivity index is 1.73. The largest absolute Gasteiger partial charge is 0.383 e.